The molecule has 2 N–H and O–H groups in total. The zero-order valence-corrected chi connectivity index (χ0v) is 12.1. The van der Waals surface area contributed by atoms with Gasteiger partial charge in [-0.3, -0.25) is 0 Å². The van der Waals surface area contributed by atoms with Gasteiger partial charge in [-0.15, -0.1) is 0 Å². The van der Waals surface area contributed by atoms with Crippen molar-refractivity contribution < 1.29 is 14.2 Å². The maximum absolute atomic E-state index is 5.94. The standard InChI is InChI=1S/C15H25NO3/c1-12-5-6-15(14(11-12)13(2)16)19-10-9-18-8-4-7-17-3/h5-6,11,13H,4,7-10,16H2,1-3H3/t13-/m0/s1. The molecule has 0 radical (unpaired) electrons. The fourth-order valence-electron chi connectivity index (χ4n) is 1.77. The summed E-state index contributed by atoms with van der Waals surface area (Å²) in [5.41, 5.74) is 8.17. The van der Waals surface area contributed by atoms with E-state index in [0.29, 0.717) is 19.8 Å². The molecule has 0 unspecified atom stereocenters. The normalized spacial score (nSPS) is 12.4. The van der Waals surface area contributed by atoms with E-state index in [2.05, 4.69) is 13.0 Å². The van der Waals surface area contributed by atoms with E-state index in [1.165, 1.54) is 5.56 Å². The molecule has 19 heavy (non-hydrogen) atoms. The van der Waals surface area contributed by atoms with Crippen LogP contribution in [0, 0.1) is 6.92 Å². The van der Waals surface area contributed by atoms with Crippen LogP contribution < -0.4 is 10.5 Å². The molecule has 108 valence electrons. The van der Waals surface area contributed by atoms with Gasteiger partial charge in [-0.25, -0.2) is 0 Å². The highest BCUT2D eigenvalue weighted by Crippen LogP contribution is 2.24. The van der Waals surface area contributed by atoms with E-state index >= 15 is 0 Å². The molecular weight excluding hydrogens is 242 g/mol. The Morgan fingerprint density at radius 2 is 1.95 bits per heavy atom. The van der Waals surface area contributed by atoms with Gasteiger partial charge in [-0.2, -0.15) is 0 Å². The van der Waals surface area contributed by atoms with Crippen molar-refractivity contribution in [3.63, 3.8) is 0 Å². The van der Waals surface area contributed by atoms with Crippen LogP contribution in [0.3, 0.4) is 0 Å². The summed E-state index contributed by atoms with van der Waals surface area (Å²) >= 11 is 0. The zero-order chi connectivity index (χ0) is 14.1. The first kappa shape index (κ1) is 16.0. The molecule has 0 aromatic heterocycles. The summed E-state index contributed by atoms with van der Waals surface area (Å²) in [6.07, 6.45) is 0.909. The second-order valence-electron chi connectivity index (χ2n) is 4.64. The number of hydrogen-bond acceptors (Lipinski definition) is 4. The lowest BCUT2D eigenvalue weighted by atomic mass is 10.1. The highest BCUT2D eigenvalue weighted by atomic mass is 16.5. The van der Waals surface area contributed by atoms with Gasteiger partial charge in [0.1, 0.15) is 12.4 Å². The number of aryl methyl sites for hydroxylation is 1. The first-order chi connectivity index (χ1) is 9.15. The van der Waals surface area contributed by atoms with Crippen LogP contribution in [-0.4, -0.2) is 33.5 Å². The van der Waals surface area contributed by atoms with Crippen molar-refractivity contribution in [2.45, 2.75) is 26.3 Å². The molecule has 1 rings (SSSR count). The minimum absolute atomic E-state index is 0.0301. The molecule has 1 aromatic carbocycles. The summed E-state index contributed by atoms with van der Waals surface area (Å²) in [5, 5.41) is 0. The first-order valence-electron chi connectivity index (χ1n) is 6.70. The number of hydrogen-bond donors (Lipinski definition) is 1. The number of rotatable bonds is 9. The summed E-state index contributed by atoms with van der Waals surface area (Å²) < 4.78 is 16.1. The molecule has 0 saturated heterocycles. The van der Waals surface area contributed by atoms with E-state index < -0.39 is 0 Å². The summed E-state index contributed by atoms with van der Waals surface area (Å²) in [7, 11) is 1.69. The quantitative estimate of drug-likeness (QED) is 0.698. The molecule has 0 bridgehead atoms. The van der Waals surface area contributed by atoms with Crippen LogP contribution in [0.5, 0.6) is 5.75 Å². The Balaban J connectivity index is 2.33. The van der Waals surface area contributed by atoms with E-state index in [0.717, 1.165) is 24.3 Å². The lowest BCUT2D eigenvalue weighted by Gasteiger charge is -2.15. The molecule has 0 fully saturated rings. The largest absolute Gasteiger partial charge is 0.491 e. The monoisotopic (exact) mass is 267 g/mol. The number of benzene rings is 1. The molecule has 0 aliphatic carbocycles. The minimum atomic E-state index is -0.0301. The van der Waals surface area contributed by atoms with Gasteiger partial charge in [0.15, 0.2) is 0 Å². The van der Waals surface area contributed by atoms with Gasteiger partial charge in [0.25, 0.3) is 0 Å². The fourth-order valence-corrected chi connectivity index (χ4v) is 1.77. The van der Waals surface area contributed by atoms with Crippen molar-refractivity contribution in [1.29, 1.82) is 0 Å². The van der Waals surface area contributed by atoms with E-state index in [-0.39, 0.29) is 6.04 Å². The van der Waals surface area contributed by atoms with Crippen LogP contribution in [0.25, 0.3) is 0 Å². The van der Waals surface area contributed by atoms with Crippen molar-refractivity contribution in [2.24, 2.45) is 5.73 Å². The highest BCUT2D eigenvalue weighted by molar-refractivity contribution is 5.38. The van der Waals surface area contributed by atoms with Gasteiger partial charge in [0.05, 0.1) is 6.61 Å². The Bertz CT molecular complexity index is 366. The molecule has 1 atom stereocenters. The number of nitrogens with two attached hydrogens (primary N) is 1. The SMILES string of the molecule is COCCCOCCOc1ccc(C)cc1[C@H](C)N. The topological polar surface area (TPSA) is 53.7 Å². The average molecular weight is 267 g/mol. The Morgan fingerprint density at radius 3 is 2.63 bits per heavy atom. The van der Waals surface area contributed by atoms with Gasteiger partial charge < -0.3 is 19.9 Å². The molecule has 0 spiro atoms. The van der Waals surface area contributed by atoms with Crippen LogP contribution in [0.2, 0.25) is 0 Å². The van der Waals surface area contributed by atoms with E-state index in [1.807, 2.05) is 19.1 Å². The predicted molar refractivity (Wildman–Crippen MR) is 76.6 cm³/mol. The second kappa shape index (κ2) is 8.91. The van der Waals surface area contributed by atoms with Gasteiger partial charge in [0, 0.05) is 31.9 Å². The third-order valence-corrected chi connectivity index (χ3v) is 2.78. The third kappa shape index (κ3) is 6.05. The Hall–Kier alpha value is -1.10. The van der Waals surface area contributed by atoms with Crippen LogP contribution in [-0.2, 0) is 9.47 Å². The second-order valence-corrected chi connectivity index (χ2v) is 4.64. The third-order valence-electron chi connectivity index (χ3n) is 2.78. The summed E-state index contributed by atoms with van der Waals surface area (Å²) in [6.45, 7) is 6.56. The Kier molecular flexibility index (Phi) is 7.48. The minimum Gasteiger partial charge on any atom is -0.491 e. The van der Waals surface area contributed by atoms with Crippen molar-refractivity contribution in [3.05, 3.63) is 29.3 Å². The Labute approximate surface area is 115 Å². The molecule has 1 aromatic rings. The van der Waals surface area contributed by atoms with Crippen LogP contribution in [0.1, 0.15) is 30.5 Å². The molecule has 0 heterocycles. The van der Waals surface area contributed by atoms with E-state index in [4.69, 9.17) is 19.9 Å². The van der Waals surface area contributed by atoms with Crippen molar-refractivity contribution >= 4 is 0 Å². The zero-order valence-electron chi connectivity index (χ0n) is 12.1. The number of methoxy groups -OCH3 is 1. The first-order valence-corrected chi connectivity index (χ1v) is 6.70. The lowest BCUT2D eigenvalue weighted by Crippen LogP contribution is -2.12. The van der Waals surface area contributed by atoms with Gasteiger partial charge in [-0.05, 0) is 26.3 Å². The molecular formula is C15H25NO3. The molecule has 0 aliphatic heterocycles. The van der Waals surface area contributed by atoms with Crippen molar-refractivity contribution in [2.75, 3.05) is 33.5 Å². The number of ether oxygens (including phenoxy) is 3. The molecule has 0 amide bonds. The summed E-state index contributed by atoms with van der Waals surface area (Å²) in [6, 6.07) is 6.04. The van der Waals surface area contributed by atoms with E-state index in [1.54, 1.807) is 7.11 Å². The van der Waals surface area contributed by atoms with E-state index in [9.17, 15) is 0 Å². The Morgan fingerprint density at radius 1 is 1.16 bits per heavy atom. The summed E-state index contributed by atoms with van der Waals surface area (Å²) in [5.74, 6) is 0.848. The van der Waals surface area contributed by atoms with Crippen LogP contribution in [0.4, 0.5) is 0 Å². The molecule has 4 heteroatoms. The van der Waals surface area contributed by atoms with Crippen LogP contribution >= 0.6 is 0 Å². The maximum atomic E-state index is 5.94. The predicted octanol–water partition coefficient (Wildman–Crippen LogP) is 2.45. The van der Waals surface area contributed by atoms with Gasteiger partial charge >= 0.3 is 0 Å². The molecule has 0 aliphatic rings. The van der Waals surface area contributed by atoms with Crippen molar-refractivity contribution in [1.82, 2.24) is 0 Å². The van der Waals surface area contributed by atoms with Crippen molar-refractivity contribution in [3.8, 4) is 5.75 Å². The lowest BCUT2D eigenvalue weighted by molar-refractivity contribution is 0.0803. The summed E-state index contributed by atoms with van der Waals surface area (Å²) in [4.78, 5) is 0. The molecule has 4 nitrogen and oxygen atoms in total. The van der Waals surface area contributed by atoms with Gasteiger partial charge in [0.2, 0.25) is 0 Å². The van der Waals surface area contributed by atoms with Crippen LogP contribution in [0.15, 0.2) is 18.2 Å². The smallest absolute Gasteiger partial charge is 0.124 e. The van der Waals surface area contributed by atoms with Gasteiger partial charge in [-0.1, -0.05) is 17.7 Å². The fraction of sp³-hybridized carbons (Fsp3) is 0.600. The highest BCUT2D eigenvalue weighted by Gasteiger charge is 2.08. The average Bonchev–Trinajstić information content (AvgIpc) is 2.39. The molecule has 0 saturated carbocycles. The maximum Gasteiger partial charge on any atom is 0.124 e.